The standard InChI is InChI=1S/C14H30N2/c1-5-16-10-8-14(13(4)11-16)15-9-6-7-12(2)3/h12-15H,5-11H2,1-4H3/t13-,14+/m1/s1. The number of likely N-dealkylation sites (tertiary alicyclic amines) is 1. The molecule has 0 aromatic heterocycles. The van der Waals surface area contributed by atoms with Gasteiger partial charge in [0.1, 0.15) is 0 Å². The molecule has 1 aliphatic heterocycles. The summed E-state index contributed by atoms with van der Waals surface area (Å²) in [6, 6.07) is 0.759. The van der Waals surface area contributed by atoms with Gasteiger partial charge in [0.15, 0.2) is 0 Å². The van der Waals surface area contributed by atoms with Gasteiger partial charge in [-0.05, 0) is 50.7 Å². The Bertz CT molecular complexity index is 180. The van der Waals surface area contributed by atoms with Crippen molar-refractivity contribution in [3.05, 3.63) is 0 Å². The van der Waals surface area contributed by atoms with E-state index in [4.69, 9.17) is 0 Å². The molecule has 16 heavy (non-hydrogen) atoms. The predicted octanol–water partition coefficient (Wildman–Crippen LogP) is 2.74. The van der Waals surface area contributed by atoms with E-state index >= 15 is 0 Å². The zero-order valence-corrected chi connectivity index (χ0v) is 11.6. The minimum atomic E-state index is 0.759. The molecule has 0 unspecified atom stereocenters. The molecule has 1 fully saturated rings. The average molecular weight is 226 g/mol. The quantitative estimate of drug-likeness (QED) is 0.701. The van der Waals surface area contributed by atoms with Crippen LogP contribution >= 0.6 is 0 Å². The Balaban J connectivity index is 2.13. The molecule has 0 spiro atoms. The molecule has 0 aliphatic carbocycles. The van der Waals surface area contributed by atoms with Gasteiger partial charge in [-0.3, -0.25) is 0 Å². The van der Waals surface area contributed by atoms with Crippen LogP contribution in [0.15, 0.2) is 0 Å². The molecule has 1 heterocycles. The molecule has 0 saturated carbocycles. The summed E-state index contributed by atoms with van der Waals surface area (Å²) >= 11 is 0. The van der Waals surface area contributed by atoms with E-state index in [1.54, 1.807) is 0 Å². The predicted molar refractivity (Wildman–Crippen MR) is 71.8 cm³/mol. The highest BCUT2D eigenvalue weighted by Crippen LogP contribution is 2.16. The van der Waals surface area contributed by atoms with Gasteiger partial charge in [0.2, 0.25) is 0 Å². The number of piperidine rings is 1. The van der Waals surface area contributed by atoms with Crippen molar-refractivity contribution in [2.45, 2.75) is 53.0 Å². The van der Waals surface area contributed by atoms with Crippen LogP contribution in [0.25, 0.3) is 0 Å². The molecule has 1 rings (SSSR count). The van der Waals surface area contributed by atoms with E-state index in [-0.39, 0.29) is 0 Å². The van der Waals surface area contributed by atoms with Crippen molar-refractivity contribution in [3.8, 4) is 0 Å². The second-order valence-electron chi connectivity index (χ2n) is 5.76. The van der Waals surface area contributed by atoms with E-state index < -0.39 is 0 Å². The van der Waals surface area contributed by atoms with Gasteiger partial charge in [-0.15, -0.1) is 0 Å². The summed E-state index contributed by atoms with van der Waals surface area (Å²) in [4.78, 5) is 2.57. The van der Waals surface area contributed by atoms with Gasteiger partial charge in [0, 0.05) is 12.6 Å². The van der Waals surface area contributed by atoms with E-state index in [0.717, 1.165) is 17.9 Å². The van der Waals surface area contributed by atoms with Crippen molar-refractivity contribution < 1.29 is 0 Å². The van der Waals surface area contributed by atoms with Crippen LogP contribution < -0.4 is 5.32 Å². The summed E-state index contributed by atoms with van der Waals surface area (Å²) in [6.07, 6.45) is 4.02. The fourth-order valence-corrected chi connectivity index (χ4v) is 2.62. The highest BCUT2D eigenvalue weighted by molar-refractivity contribution is 4.82. The van der Waals surface area contributed by atoms with Crippen LogP contribution in [0.2, 0.25) is 0 Å². The van der Waals surface area contributed by atoms with Crippen molar-refractivity contribution in [1.29, 1.82) is 0 Å². The molecule has 0 aromatic carbocycles. The fraction of sp³-hybridized carbons (Fsp3) is 1.00. The zero-order valence-electron chi connectivity index (χ0n) is 11.6. The Kier molecular flexibility index (Phi) is 6.37. The molecular weight excluding hydrogens is 196 g/mol. The maximum absolute atomic E-state index is 3.74. The third kappa shape index (κ3) is 4.84. The summed E-state index contributed by atoms with van der Waals surface area (Å²) in [6.45, 7) is 14.3. The largest absolute Gasteiger partial charge is 0.314 e. The zero-order chi connectivity index (χ0) is 12.0. The number of nitrogens with one attached hydrogen (secondary N) is 1. The summed E-state index contributed by atoms with van der Waals surface area (Å²) in [7, 11) is 0. The van der Waals surface area contributed by atoms with Gasteiger partial charge in [-0.1, -0.05) is 27.7 Å². The number of hydrogen-bond acceptors (Lipinski definition) is 2. The third-order valence-corrected chi connectivity index (χ3v) is 3.80. The topological polar surface area (TPSA) is 15.3 Å². The first kappa shape index (κ1) is 14.0. The Morgan fingerprint density at radius 1 is 1.38 bits per heavy atom. The van der Waals surface area contributed by atoms with Crippen LogP contribution in [0.1, 0.15) is 47.0 Å². The fourth-order valence-electron chi connectivity index (χ4n) is 2.62. The van der Waals surface area contributed by atoms with Gasteiger partial charge in [0.25, 0.3) is 0 Å². The normalized spacial score (nSPS) is 27.6. The van der Waals surface area contributed by atoms with Crippen LogP contribution in [-0.2, 0) is 0 Å². The highest BCUT2D eigenvalue weighted by atomic mass is 15.1. The van der Waals surface area contributed by atoms with Crippen molar-refractivity contribution >= 4 is 0 Å². The van der Waals surface area contributed by atoms with Crippen LogP contribution in [0.3, 0.4) is 0 Å². The lowest BCUT2D eigenvalue weighted by molar-refractivity contribution is 0.153. The molecule has 2 atom stereocenters. The summed E-state index contributed by atoms with van der Waals surface area (Å²) in [5.41, 5.74) is 0. The minimum absolute atomic E-state index is 0.759. The lowest BCUT2D eigenvalue weighted by Gasteiger charge is -2.37. The second-order valence-corrected chi connectivity index (χ2v) is 5.76. The molecule has 96 valence electrons. The molecule has 1 saturated heterocycles. The average Bonchev–Trinajstić information content (AvgIpc) is 2.25. The van der Waals surface area contributed by atoms with E-state index in [2.05, 4.69) is 37.9 Å². The van der Waals surface area contributed by atoms with Crippen LogP contribution in [0.5, 0.6) is 0 Å². The number of nitrogens with zero attached hydrogens (tertiary/aromatic N) is 1. The molecule has 0 bridgehead atoms. The minimum Gasteiger partial charge on any atom is -0.314 e. The van der Waals surface area contributed by atoms with Crippen molar-refractivity contribution in [2.75, 3.05) is 26.2 Å². The van der Waals surface area contributed by atoms with Crippen molar-refractivity contribution in [2.24, 2.45) is 11.8 Å². The van der Waals surface area contributed by atoms with Crippen molar-refractivity contribution in [3.63, 3.8) is 0 Å². The van der Waals surface area contributed by atoms with E-state index in [0.29, 0.717) is 0 Å². The smallest absolute Gasteiger partial charge is 0.0117 e. The van der Waals surface area contributed by atoms with Crippen LogP contribution in [0, 0.1) is 11.8 Å². The first-order chi connectivity index (χ1) is 7.63. The van der Waals surface area contributed by atoms with Gasteiger partial charge < -0.3 is 10.2 Å². The Morgan fingerprint density at radius 3 is 2.69 bits per heavy atom. The Labute approximate surface area is 102 Å². The lowest BCUT2D eigenvalue weighted by Crippen LogP contribution is -2.48. The first-order valence-corrected chi connectivity index (χ1v) is 7.09. The first-order valence-electron chi connectivity index (χ1n) is 7.09. The molecular formula is C14H30N2. The van der Waals surface area contributed by atoms with E-state index in [1.165, 1.54) is 45.4 Å². The van der Waals surface area contributed by atoms with Gasteiger partial charge >= 0.3 is 0 Å². The Morgan fingerprint density at radius 2 is 2.12 bits per heavy atom. The summed E-state index contributed by atoms with van der Waals surface area (Å²) < 4.78 is 0. The highest BCUT2D eigenvalue weighted by Gasteiger charge is 2.24. The Hall–Kier alpha value is -0.0800. The van der Waals surface area contributed by atoms with Crippen LogP contribution in [0.4, 0.5) is 0 Å². The van der Waals surface area contributed by atoms with Crippen molar-refractivity contribution in [1.82, 2.24) is 10.2 Å². The lowest BCUT2D eigenvalue weighted by atomic mass is 9.93. The van der Waals surface area contributed by atoms with Crippen LogP contribution in [-0.4, -0.2) is 37.1 Å². The van der Waals surface area contributed by atoms with Gasteiger partial charge in [-0.2, -0.15) is 0 Å². The monoisotopic (exact) mass is 226 g/mol. The molecule has 1 aliphatic rings. The van der Waals surface area contributed by atoms with E-state index in [9.17, 15) is 0 Å². The maximum atomic E-state index is 3.74. The van der Waals surface area contributed by atoms with Gasteiger partial charge in [0.05, 0.1) is 0 Å². The number of rotatable bonds is 6. The molecule has 2 heteroatoms. The number of hydrogen-bond donors (Lipinski definition) is 1. The maximum Gasteiger partial charge on any atom is 0.0117 e. The molecule has 0 amide bonds. The summed E-state index contributed by atoms with van der Waals surface area (Å²) in [5.74, 6) is 1.66. The third-order valence-electron chi connectivity index (χ3n) is 3.80. The second kappa shape index (κ2) is 7.29. The summed E-state index contributed by atoms with van der Waals surface area (Å²) in [5, 5.41) is 3.74. The van der Waals surface area contributed by atoms with E-state index in [1.807, 2.05) is 0 Å². The van der Waals surface area contributed by atoms with Gasteiger partial charge in [-0.25, -0.2) is 0 Å². The molecule has 2 nitrogen and oxygen atoms in total. The molecule has 1 N–H and O–H groups in total. The molecule has 0 aromatic rings. The molecule has 0 radical (unpaired) electrons. The SMILES string of the molecule is CCN1CC[C@H](NCCCC(C)C)[C@H](C)C1.